The molecule has 2 aromatic carbocycles. The molecule has 3 N–H and O–H groups in total. The average Bonchev–Trinajstić information content (AvgIpc) is 2.70. The molecule has 8 nitrogen and oxygen atoms in total. The second-order valence-corrected chi connectivity index (χ2v) is 5.82. The van der Waals surface area contributed by atoms with Crippen molar-refractivity contribution in [3.05, 3.63) is 59.7 Å². The van der Waals surface area contributed by atoms with Crippen LogP contribution in [0.3, 0.4) is 0 Å². The summed E-state index contributed by atoms with van der Waals surface area (Å²) in [5.41, 5.74) is 5.83. The highest BCUT2D eigenvalue weighted by Gasteiger charge is 2.10. The van der Waals surface area contributed by atoms with Gasteiger partial charge in [0.15, 0.2) is 18.1 Å². The molecule has 0 aliphatic rings. The SMILES string of the molecule is CCOc1ccccc1OCC(=O)NNC(=O)CNC(=O)c1cccc(C)c1. The fourth-order valence-corrected chi connectivity index (χ4v) is 2.26. The molecule has 0 fully saturated rings. The number of hydrogen-bond acceptors (Lipinski definition) is 5. The first-order valence-corrected chi connectivity index (χ1v) is 8.76. The van der Waals surface area contributed by atoms with Gasteiger partial charge in [-0.15, -0.1) is 0 Å². The van der Waals surface area contributed by atoms with E-state index in [1.807, 2.05) is 19.9 Å². The number of benzene rings is 2. The summed E-state index contributed by atoms with van der Waals surface area (Å²) >= 11 is 0. The summed E-state index contributed by atoms with van der Waals surface area (Å²) in [6.45, 7) is 3.60. The Kier molecular flexibility index (Phi) is 7.83. The fourth-order valence-electron chi connectivity index (χ4n) is 2.26. The molecule has 28 heavy (non-hydrogen) atoms. The highest BCUT2D eigenvalue weighted by molar-refractivity contribution is 5.96. The zero-order valence-electron chi connectivity index (χ0n) is 15.8. The quantitative estimate of drug-likeness (QED) is 0.595. The summed E-state index contributed by atoms with van der Waals surface area (Å²) in [4.78, 5) is 35.5. The lowest BCUT2D eigenvalue weighted by Crippen LogP contribution is -2.47. The topological polar surface area (TPSA) is 106 Å². The maximum Gasteiger partial charge on any atom is 0.276 e. The number of amides is 3. The van der Waals surface area contributed by atoms with Crippen molar-refractivity contribution >= 4 is 17.7 Å². The van der Waals surface area contributed by atoms with Crippen LogP contribution in [0, 0.1) is 6.92 Å². The predicted molar refractivity (Wildman–Crippen MR) is 103 cm³/mol. The van der Waals surface area contributed by atoms with Crippen molar-refractivity contribution in [1.82, 2.24) is 16.2 Å². The van der Waals surface area contributed by atoms with Gasteiger partial charge in [0, 0.05) is 5.56 Å². The third kappa shape index (κ3) is 6.64. The fraction of sp³-hybridized carbons (Fsp3) is 0.250. The molecule has 0 radical (unpaired) electrons. The first-order chi connectivity index (χ1) is 13.5. The Hall–Kier alpha value is -3.55. The van der Waals surface area contributed by atoms with Gasteiger partial charge in [0.25, 0.3) is 17.7 Å². The van der Waals surface area contributed by atoms with E-state index in [1.54, 1.807) is 42.5 Å². The van der Waals surface area contributed by atoms with Gasteiger partial charge in [-0.1, -0.05) is 29.8 Å². The van der Waals surface area contributed by atoms with Gasteiger partial charge < -0.3 is 14.8 Å². The molecule has 0 heterocycles. The van der Waals surface area contributed by atoms with E-state index in [4.69, 9.17) is 9.47 Å². The Morgan fingerprint density at radius 1 is 0.893 bits per heavy atom. The minimum Gasteiger partial charge on any atom is -0.490 e. The van der Waals surface area contributed by atoms with Crippen LogP contribution < -0.4 is 25.6 Å². The summed E-state index contributed by atoms with van der Waals surface area (Å²) < 4.78 is 10.8. The van der Waals surface area contributed by atoms with Crippen LogP contribution >= 0.6 is 0 Å². The molecule has 0 aromatic heterocycles. The van der Waals surface area contributed by atoms with Crippen molar-refractivity contribution in [2.75, 3.05) is 19.8 Å². The number of nitrogens with one attached hydrogen (secondary N) is 3. The molecule has 0 aliphatic carbocycles. The summed E-state index contributed by atoms with van der Waals surface area (Å²) in [5.74, 6) is -0.535. The van der Waals surface area contributed by atoms with Gasteiger partial charge in [0.1, 0.15) is 0 Å². The van der Waals surface area contributed by atoms with E-state index in [0.717, 1.165) is 5.56 Å². The average molecular weight is 385 g/mol. The van der Waals surface area contributed by atoms with Crippen LogP contribution in [0.25, 0.3) is 0 Å². The highest BCUT2D eigenvalue weighted by Crippen LogP contribution is 2.26. The summed E-state index contributed by atoms with van der Waals surface area (Å²) in [6.07, 6.45) is 0. The zero-order chi connectivity index (χ0) is 20.4. The van der Waals surface area contributed by atoms with E-state index < -0.39 is 11.8 Å². The molecular formula is C20H23N3O5. The van der Waals surface area contributed by atoms with Gasteiger partial charge in [0.05, 0.1) is 13.2 Å². The number of ether oxygens (including phenoxy) is 2. The molecule has 0 saturated carbocycles. The van der Waals surface area contributed by atoms with E-state index in [-0.39, 0.29) is 19.1 Å². The minimum absolute atomic E-state index is 0.277. The maximum atomic E-state index is 12.0. The Labute approximate surface area is 163 Å². The molecule has 0 atom stereocenters. The molecule has 3 amide bonds. The lowest BCUT2D eigenvalue weighted by Gasteiger charge is -2.12. The largest absolute Gasteiger partial charge is 0.490 e. The van der Waals surface area contributed by atoms with Crippen LogP contribution in [0.2, 0.25) is 0 Å². The second kappa shape index (κ2) is 10.6. The van der Waals surface area contributed by atoms with Crippen molar-refractivity contribution in [1.29, 1.82) is 0 Å². The van der Waals surface area contributed by atoms with Crippen LogP contribution in [0.4, 0.5) is 0 Å². The molecule has 8 heteroatoms. The molecule has 0 saturated heterocycles. The van der Waals surface area contributed by atoms with Crippen molar-refractivity contribution in [3.8, 4) is 11.5 Å². The highest BCUT2D eigenvalue weighted by atomic mass is 16.5. The minimum atomic E-state index is -0.566. The third-order valence-electron chi connectivity index (χ3n) is 3.54. The number of carbonyl (C=O) groups is 3. The number of hydrogen-bond donors (Lipinski definition) is 3. The summed E-state index contributed by atoms with van der Waals surface area (Å²) in [6, 6.07) is 14.0. The third-order valence-corrected chi connectivity index (χ3v) is 3.54. The van der Waals surface area contributed by atoms with E-state index in [2.05, 4.69) is 16.2 Å². The standard InChI is InChI=1S/C20H23N3O5/c1-3-27-16-9-4-5-10-17(16)28-13-19(25)23-22-18(24)12-21-20(26)15-8-6-7-14(2)11-15/h4-11H,3,12-13H2,1-2H3,(H,21,26)(H,22,24)(H,23,25). The van der Waals surface area contributed by atoms with Crippen molar-refractivity contribution in [2.45, 2.75) is 13.8 Å². The molecule has 0 bridgehead atoms. The Balaban J connectivity index is 1.71. The van der Waals surface area contributed by atoms with Gasteiger partial charge in [-0.25, -0.2) is 0 Å². The van der Waals surface area contributed by atoms with Gasteiger partial charge in [-0.2, -0.15) is 0 Å². The molecule has 0 aliphatic heterocycles. The first kappa shape index (κ1) is 20.8. The molecule has 2 rings (SSSR count). The smallest absolute Gasteiger partial charge is 0.276 e. The van der Waals surface area contributed by atoms with Gasteiger partial charge >= 0.3 is 0 Å². The number of carbonyl (C=O) groups excluding carboxylic acids is 3. The maximum absolute atomic E-state index is 12.0. The van der Waals surface area contributed by atoms with Gasteiger partial charge in [-0.05, 0) is 38.1 Å². The Morgan fingerprint density at radius 3 is 2.25 bits per heavy atom. The zero-order valence-corrected chi connectivity index (χ0v) is 15.8. The van der Waals surface area contributed by atoms with E-state index in [1.165, 1.54) is 0 Å². The first-order valence-electron chi connectivity index (χ1n) is 8.76. The van der Waals surface area contributed by atoms with Crippen LogP contribution in [-0.4, -0.2) is 37.5 Å². The lowest BCUT2D eigenvalue weighted by atomic mass is 10.1. The van der Waals surface area contributed by atoms with Crippen molar-refractivity contribution in [3.63, 3.8) is 0 Å². The van der Waals surface area contributed by atoms with E-state index in [9.17, 15) is 14.4 Å². The van der Waals surface area contributed by atoms with Crippen LogP contribution in [0.1, 0.15) is 22.8 Å². The molecular weight excluding hydrogens is 362 g/mol. The molecule has 148 valence electrons. The Morgan fingerprint density at radius 2 is 1.57 bits per heavy atom. The predicted octanol–water partition coefficient (Wildman–Crippen LogP) is 1.35. The van der Waals surface area contributed by atoms with E-state index >= 15 is 0 Å². The van der Waals surface area contributed by atoms with Crippen LogP contribution in [-0.2, 0) is 9.59 Å². The monoisotopic (exact) mass is 385 g/mol. The van der Waals surface area contributed by atoms with Gasteiger partial charge in [0.2, 0.25) is 0 Å². The molecule has 0 spiro atoms. The summed E-state index contributed by atoms with van der Waals surface area (Å²) in [5, 5.41) is 2.48. The van der Waals surface area contributed by atoms with Crippen molar-refractivity contribution < 1.29 is 23.9 Å². The molecule has 0 unspecified atom stereocenters. The second-order valence-electron chi connectivity index (χ2n) is 5.82. The molecule has 2 aromatic rings. The Bertz CT molecular complexity index is 838. The van der Waals surface area contributed by atoms with Gasteiger partial charge in [-0.3, -0.25) is 25.2 Å². The normalized spacial score (nSPS) is 9.93. The lowest BCUT2D eigenvalue weighted by molar-refractivity contribution is -0.129. The number of rotatable bonds is 8. The van der Waals surface area contributed by atoms with Crippen LogP contribution in [0.5, 0.6) is 11.5 Å². The number of aryl methyl sites for hydroxylation is 1. The summed E-state index contributed by atoms with van der Waals surface area (Å²) in [7, 11) is 0. The number of hydrazine groups is 1. The van der Waals surface area contributed by atoms with Crippen LogP contribution in [0.15, 0.2) is 48.5 Å². The number of para-hydroxylation sites is 2. The van der Waals surface area contributed by atoms with Crippen molar-refractivity contribution in [2.24, 2.45) is 0 Å². The van der Waals surface area contributed by atoms with E-state index in [0.29, 0.717) is 23.7 Å².